The average molecular weight is 175 g/mol. The van der Waals surface area contributed by atoms with Crippen LogP contribution in [0.2, 0.25) is 0 Å². The largest absolute Gasteiger partial charge is 0.481 e. The molecule has 4 nitrogen and oxygen atoms in total. The molecule has 0 aromatic heterocycles. The fourth-order valence-corrected chi connectivity index (χ4v) is 0. The fraction of sp³-hybridized carbons (Fsp3) is 0.500. The van der Waals surface area contributed by atoms with E-state index in [2.05, 4.69) is 0 Å². The Kier molecular flexibility index (Phi) is 38.2. The van der Waals surface area contributed by atoms with Crippen LogP contribution in [0.4, 0.5) is 0 Å². The van der Waals surface area contributed by atoms with Gasteiger partial charge in [-0.2, -0.15) is 0 Å². The van der Waals surface area contributed by atoms with Crippen molar-refractivity contribution in [3.63, 3.8) is 0 Å². The molecule has 7 heavy (non-hydrogen) atoms. The van der Waals surface area contributed by atoms with Crippen molar-refractivity contribution in [2.45, 2.75) is 6.92 Å². The first-order chi connectivity index (χ1) is 2.73. The van der Waals surface area contributed by atoms with Gasteiger partial charge in [0.25, 0.3) is 5.97 Å². The van der Waals surface area contributed by atoms with E-state index in [0.717, 1.165) is 6.92 Å². The maximum Gasteiger partial charge on any atom is 0.300 e. The Hall–Kier alpha value is -0.130. The van der Waals surface area contributed by atoms with E-state index in [9.17, 15) is 0 Å². The van der Waals surface area contributed by atoms with Gasteiger partial charge in [0.05, 0.1) is 0 Å². The molecule has 0 unspecified atom stereocenters. The molecule has 0 radical (unpaired) electrons. The van der Waals surface area contributed by atoms with Gasteiger partial charge in [-0.25, -0.2) is 0 Å². The minimum absolute atomic E-state index is 0. The van der Waals surface area contributed by atoms with Gasteiger partial charge in [0.15, 0.2) is 0 Å². The van der Waals surface area contributed by atoms with Crippen molar-refractivity contribution < 1.29 is 20.4 Å². The summed E-state index contributed by atoms with van der Waals surface area (Å²) >= 11 is 0. The molecule has 0 atom stereocenters. The zero-order valence-corrected chi connectivity index (χ0v) is 5.37. The highest BCUT2D eigenvalue weighted by atomic mass is 79.9. The van der Waals surface area contributed by atoms with Gasteiger partial charge in [-0.3, -0.25) is 15.3 Å². The van der Waals surface area contributed by atoms with Crippen LogP contribution in [-0.4, -0.2) is 21.6 Å². The SMILES string of the molecule is Br.CC(=O)O.OO. The second kappa shape index (κ2) is 16.9. The van der Waals surface area contributed by atoms with E-state index in [1.807, 2.05) is 0 Å². The molecule has 0 rings (SSSR count). The summed E-state index contributed by atoms with van der Waals surface area (Å²) < 4.78 is 0. The molecule has 0 bridgehead atoms. The van der Waals surface area contributed by atoms with Gasteiger partial charge in [-0.15, -0.1) is 17.0 Å². The molecular formula is C2H7BrO4. The topological polar surface area (TPSA) is 77.8 Å². The maximum atomic E-state index is 9.00. The highest BCUT2D eigenvalue weighted by Crippen LogP contribution is 1.42. The number of hydrogen-bond acceptors (Lipinski definition) is 3. The number of carbonyl (C=O) groups is 1. The Morgan fingerprint density at radius 1 is 1.43 bits per heavy atom. The third-order valence-corrected chi connectivity index (χ3v) is 0. The van der Waals surface area contributed by atoms with Gasteiger partial charge in [-0.1, -0.05) is 0 Å². The smallest absolute Gasteiger partial charge is 0.300 e. The van der Waals surface area contributed by atoms with Crippen LogP contribution >= 0.6 is 17.0 Å². The van der Waals surface area contributed by atoms with Crippen molar-refractivity contribution in [1.29, 1.82) is 0 Å². The van der Waals surface area contributed by atoms with Crippen molar-refractivity contribution >= 4 is 23.0 Å². The number of carboxylic acids is 1. The average Bonchev–Trinajstić information content (AvgIpc) is 1.41. The van der Waals surface area contributed by atoms with Gasteiger partial charge >= 0.3 is 0 Å². The lowest BCUT2D eigenvalue weighted by Crippen LogP contribution is -1.78. The Morgan fingerprint density at radius 2 is 1.43 bits per heavy atom. The number of hydrogen-bond donors (Lipinski definition) is 3. The number of carboxylic acid groups (broad SMARTS) is 1. The molecule has 0 amide bonds. The molecule has 0 fully saturated rings. The Bertz CT molecular complexity index is 32.7. The van der Waals surface area contributed by atoms with E-state index < -0.39 is 5.97 Å². The van der Waals surface area contributed by atoms with Gasteiger partial charge in [-0.05, 0) is 0 Å². The number of halogens is 1. The maximum absolute atomic E-state index is 9.00. The third-order valence-electron chi connectivity index (χ3n) is 0. The molecule has 0 heterocycles. The van der Waals surface area contributed by atoms with Crippen LogP contribution in [0.25, 0.3) is 0 Å². The zero-order chi connectivity index (χ0) is 5.58. The summed E-state index contributed by atoms with van der Waals surface area (Å²) in [5, 5.41) is 19.4. The van der Waals surface area contributed by atoms with Gasteiger partial charge in [0.2, 0.25) is 0 Å². The Balaban J connectivity index is -0.0000000480. The molecule has 0 aliphatic heterocycles. The van der Waals surface area contributed by atoms with Crippen LogP contribution in [0.15, 0.2) is 0 Å². The van der Waals surface area contributed by atoms with Crippen LogP contribution in [0, 0.1) is 0 Å². The third kappa shape index (κ3) is 5200. The van der Waals surface area contributed by atoms with Gasteiger partial charge in [0.1, 0.15) is 0 Å². The molecule has 46 valence electrons. The first-order valence-electron chi connectivity index (χ1n) is 1.13. The zero-order valence-electron chi connectivity index (χ0n) is 3.66. The predicted octanol–water partition coefficient (Wildman–Crippen LogP) is 0.686. The summed E-state index contributed by atoms with van der Waals surface area (Å²) in [4.78, 5) is 9.00. The van der Waals surface area contributed by atoms with E-state index >= 15 is 0 Å². The van der Waals surface area contributed by atoms with Crippen LogP contribution < -0.4 is 0 Å². The molecule has 0 saturated carbocycles. The predicted molar refractivity (Wildman–Crippen MR) is 28.9 cm³/mol. The molecule has 3 N–H and O–H groups in total. The van der Waals surface area contributed by atoms with E-state index in [1.54, 1.807) is 0 Å². The summed E-state index contributed by atoms with van der Waals surface area (Å²) in [5.41, 5.74) is 0. The second-order valence-corrected chi connectivity index (χ2v) is 0.519. The molecule has 0 aliphatic rings. The number of rotatable bonds is 0. The summed E-state index contributed by atoms with van der Waals surface area (Å²) in [6.07, 6.45) is 0. The quantitative estimate of drug-likeness (QED) is 0.373. The lowest BCUT2D eigenvalue weighted by molar-refractivity contribution is -0.176. The second-order valence-electron chi connectivity index (χ2n) is 0.519. The molecule has 5 heteroatoms. The summed E-state index contributed by atoms with van der Waals surface area (Å²) in [5.74, 6) is -0.833. The van der Waals surface area contributed by atoms with Crippen LogP contribution in [0.5, 0.6) is 0 Å². The highest BCUT2D eigenvalue weighted by molar-refractivity contribution is 8.93. The standard InChI is InChI=1S/C2H4O2.BrH.H2O2/c1-2(3)4;;1-2/h1H3,(H,3,4);1H;1-2H. The fourth-order valence-electron chi connectivity index (χ4n) is 0. The monoisotopic (exact) mass is 174 g/mol. The summed E-state index contributed by atoms with van der Waals surface area (Å²) in [7, 11) is 0. The van der Waals surface area contributed by atoms with E-state index in [-0.39, 0.29) is 17.0 Å². The van der Waals surface area contributed by atoms with Gasteiger partial charge in [0, 0.05) is 6.92 Å². The number of aliphatic carboxylic acids is 1. The van der Waals surface area contributed by atoms with Crippen molar-refractivity contribution in [2.24, 2.45) is 0 Å². The molecular weight excluding hydrogens is 168 g/mol. The van der Waals surface area contributed by atoms with Crippen LogP contribution in [-0.2, 0) is 4.79 Å². The van der Waals surface area contributed by atoms with E-state index in [0.29, 0.717) is 0 Å². The van der Waals surface area contributed by atoms with Crippen molar-refractivity contribution in [3.8, 4) is 0 Å². The Morgan fingerprint density at radius 3 is 1.43 bits per heavy atom. The summed E-state index contributed by atoms with van der Waals surface area (Å²) in [6, 6.07) is 0. The minimum atomic E-state index is -0.833. The lowest BCUT2D eigenvalue weighted by atomic mass is 10.9. The first-order valence-corrected chi connectivity index (χ1v) is 1.13. The minimum Gasteiger partial charge on any atom is -0.481 e. The van der Waals surface area contributed by atoms with Crippen LogP contribution in [0.3, 0.4) is 0 Å². The normalized spacial score (nSPS) is 4.43. The Labute approximate surface area is 51.1 Å². The molecule has 0 aliphatic carbocycles. The summed E-state index contributed by atoms with van der Waals surface area (Å²) in [6.45, 7) is 1.08. The van der Waals surface area contributed by atoms with E-state index in [4.69, 9.17) is 20.4 Å². The molecule has 0 aromatic rings. The van der Waals surface area contributed by atoms with E-state index in [1.165, 1.54) is 0 Å². The van der Waals surface area contributed by atoms with Crippen molar-refractivity contribution in [2.75, 3.05) is 0 Å². The molecule has 0 aromatic carbocycles. The van der Waals surface area contributed by atoms with Crippen molar-refractivity contribution in [1.82, 2.24) is 0 Å². The first kappa shape index (κ1) is 15.8. The van der Waals surface area contributed by atoms with Gasteiger partial charge < -0.3 is 5.11 Å². The molecule has 0 saturated heterocycles. The highest BCUT2D eigenvalue weighted by Gasteiger charge is 1.65. The van der Waals surface area contributed by atoms with Crippen molar-refractivity contribution in [3.05, 3.63) is 0 Å². The van der Waals surface area contributed by atoms with Crippen LogP contribution in [0.1, 0.15) is 6.92 Å². The molecule has 0 spiro atoms. The lowest BCUT2D eigenvalue weighted by Gasteiger charge is -1.59.